The van der Waals surface area contributed by atoms with Crippen molar-refractivity contribution < 1.29 is 28.7 Å². The molecule has 1 fully saturated rings. The van der Waals surface area contributed by atoms with Gasteiger partial charge in [0.1, 0.15) is 12.4 Å². The Labute approximate surface area is 237 Å². The summed E-state index contributed by atoms with van der Waals surface area (Å²) in [6, 6.07) is 7.27. The molecule has 1 aromatic carbocycles. The quantitative estimate of drug-likeness (QED) is 0.170. The highest BCUT2D eigenvalue weighted by Crippen LogP contribution is 2.38. The molecule has 4 amide bonds. The minimum Gasteiger partial charge on any atom is -0.410 e. The molecule has 1 N–H and O–H groups in total. The van der Waals surface area contributed by atoms with Crippen LogP contribution in [0.4, 0.5) is 4.79 Å². The van der Waals surface area contributed by atoms with Crippen LogP contribution >= 0.6 is 33.3 Å². The molecule has 1 atom stereocenters. The van der Waals surface area contributed by atoms with Gasteiger partial charge in [0.05, 0.1) is 11.9 Å². The lowest BCUT2D eigenvalue weighted by molar-refractivity contribution is -0.139. The Morgan fingerprint density at radius 2 is 1.89 bits per heavy atom. The van der Waals surface area contributed by atoms with Gasteiger partial charge in [-0.2, -0.15) is 11.8 Å². The monoisotopic (exact) mass is 585 g/mol. The second kappa shape index (κ2) is 16.3. The van der Waals surface area contributed by atoms with Crippen molar-refractivity contribution in [1.29, 1.82) is 0 Å². The highest BCUT2D eigenvalue weighted by molar-refractivity contribution is 8.77. The fourth-order valence-electron chi connectivity index (χ4n) is 3.63. The summed E-state index contributed by atoms with van der Waals surface area (Å²) in [7, 11) is 4.80. The number of amides is 4. The number of hydrogen-bond donors (Lipinski definition) is 1. The fourth-order valence-corrected chi connectivity index (χ4v) is 6.76. The fraction of sp³-hybridized carbons (Fsp3) is 0.615. The van der Waals surface area contributed by atoms with Crippen LogP contribution in [0.1, 0.15) is 52.0 Å². The molecule has 1 unspecified atom stereocenters. The van der Waals surface area contributed by atoms with Gasteiger partial charge in [0.2, 0.25) is 17.7 Å². The number of carbonyl (C=O) groups is 4. The Morgan fingerprint density at radius 1 is 1.18 bits per heavy atom. The number of imide groups is 1. The number of thioether (sulfide) groups is 1. The summed E-state index contributed by atoms with van der Waals surface area (Å²) < 4.78 is 10.3. The highest BCUT2D eigenvalue weighted by Gasteiger charge is 2.38. The first-order valence-electron chi connectivity index (χ1n) is 12.6. The zero-order valence-corrected chi connectivity index (χ0v) is 25.3. The van der Waals surface area contributed by atoms with E-state index in [4.69, 9.17) is 9.47 Å². The van der Waals surface area contributed by atoms with E-state index in [9.17, 15) is 19.2 Å². The van der Waals surface area contributed by atoms with Crippen LogP contribution in [0.5, 0.6) is 5.75 Å². The lowest BCUT2D eigenvalue weighted by Crippen LogP contribution is -2.42. The minimum absolute atomic E-state index is 0.0922. The lowest BCUT2D eigenvalue weighted by Gasteiger charge is -2.25. The summed E-state index contributed by atoms with van der Waals surface area (Å²) in [5.41, 5.74) is 1.00. The molecule has 0 saturated carbocycles. The van der Waals surface area contributed by atoms with Crippen molar-refractivity contribution >= 4 is 57.2 Å². The van der Waals surface area contributed by atoms with Crippen LogP contribution in [0, 0.1) is 0 Å². The van der Waals surface area contributed by atoms with Crippen LogP contribution in [0.25, 0.3) is 0 Å². The maximum atomic E-state index is 12.8. The molecule has 0 radical (unpaired) electrons. The molecule has 1 heterocycles. The van der Waals surface area contributed by atoms with E-state index in [0.717, 1.165) is 23.3 Å². The number of methoxy groups -OCH3 is 1. The largest absolute Gasteiger partial charge is 0.415 e. The average Bonchev–Trinajstić information content (AvgIpc) is 3.15. The zero-order valence-electron chi connectivity index (χ0n) is 22.8. The highest BCUT2D eigenvalue weighted by atomic mass is 33.1. The summed E-state index contributed by atoms with van der Waals surface area (Å²) in [5, 5.41) is 2.34. The van der Waals surface area contributed by atoms with Crippen molar-refractivity contribution in [2.24, 2.45) is 0 Å². The summed E-state index contributed by atoms with van der Waals surface area (Å²) in [6.07, 6.45) is 3.67. The van der Waals surface area contributed by atoms with Gasteiger partial charge in [-0.15, -0.1) is 0 Å². The molecule has 1 aromatic rings. The third kappa shape index (κ3) is 10.7. The van der Waals surface area contributed by atoms with Crippen molar-refractivity contribution in [3.05, 3.63) is 29.8 Å². The van der Waals surface area contributed by atoms with Gasteiger partial charge >= 0.3 is 6.09 Å². The number of ether oxygens (including phenoxy) is 2. The molecular weight excluding hydrogens is 547 g/mol. The van der Waals surface area contributed by atoms with Crippen LogP contribution in [0.15, 0.2) is 24.3 Å². The van der Waals surface area contributed by atoms with Crippen LogP contribution in [0.2, 0.25) is 0 Å². The molecule has 2 rings (SSSR count). The first-order chi connectivity index (χ1) is 18.1. The number of benzene rings is 1. The third-order valence-corrected chi connectivity index (χ3v) is 9.92. The predicted octanol–water partition coefficient (Wildman–Crippen LogP) is 4.55. The molecule has 38 heavy (non-hydrogen) atoms. The van der Waals surface area contributed by atoms with Gasteiger partial charge in [-0.3, -0.25) is 19.3 Å². The first-order valence-corrected chi connectivity index (χ1v) is 16.2. The molecule has 212 valence electrons. The van der Waals surface area contributed by atoms with E-state index in [2.05, 4.69) is 12.2 Å². The van der Waals surface area contributed by atoms with Gasteiger partial charge in [0, 0.05) is 43.5 Å². The Bertz CT molecular complexity index is 945. The Hall–Kier alpha value is -1.89. The van der Waals surface area contributed by atoms with E-state index in [0.29, 0.717) is 31.2 Å². The van der Waals surface area contributed by atoms with E-state index >= 15 is 0 Å². The lowest BCUT2D eigenvalue weighted by atomic mass is 10.1. The summed E-state index contributed by atoms with van der Waals surface area (Å²) in [5.74, 6) is 0.441. The van der Waals surface area contributed by atoms with Crippen LogP contribution in [-0.4, -0.2) is 82.5 Å². The molecule has 0 aromatic heterocycles. The summed E-state index contributed by atoms with van der Waals surface area (Å²) in [4.78, 5) is 52.4. The maximum Gasteiger partial charge on any atom is 0.415 e. The molecule has 0 aliphatic carbocycles. The van der Waals surface area contributed by atoms with E-state index in [1.807, 2.05) is 26.0 Å². The number of rotatable bonds is 16. The molecule has 1 saturated heterocycles. The van der Waals surface area contributed by atoms with Crippen LogP contribution in [-0.2, 0) is 25.7 Å². The minimum atomic E-state index is -0.381. The Morgan fingerprint density at radius 3 is 2.50 bits per heavy atom. The molecule has 1 aliphatic heterocycles. The third-order valence-electron chi connectivity index (χ3n) is 5.72. The molecular formula is C26H39N3O6S3. The number of hydrogen-bond acceptors (Lipinski definition) is 9. The maximum absolute atomic E-state index is 12.8. The van der Waals surface area contributed by atoms with E-state index < -0.39 is 0 Å². The van der Waals surface area contributed by atoms with Gasteiger partial charge < -0.3 is 19.7 Å². The molecule has 12 heteroatoms. The van der Waals surface area contributed by atoms with Crippen LogP contribution < -0.4 is 10.1 Å². The molecule has 1 aliphatic rings. The number of nitrogens with zero attached hydrogens (tertiary/aromatic N) is 2. The molecule has 0 bridgehead atoms. The SMILES string of the molecule is CCCCN(CCSSC(C)(C)CC(=O)NCN1C(=O)CC(SC)C1=O)C(=O)Oc1ccc(COC)cc1. The summed E-state index contributed by atoms with van der Waals surface area (Å²) >= 11 is 1.35. The van der Waals surface area contributed by atoms with Crippen molar-refractivity contribution in [1.82, 2.24) is 15.1 Å². The number of unbranched alkanes of at least 4 members (excludes halogenated alkanes) is 1. The predicted molar refractivity (Wildman–Crippen MR) is 155 cm³/mol. The first kappa shape index (κ1) is 32.3. The average molecular weight is 586 g/mol. The smallest absolute Gasteiger partial charge is 0.410 e. The van der Waals surface area contributed by atoms with Crippen molar-refractivity contribution in [3.63, 3.8) is 0 Å². The van der Waals surface area contributed by atoms with Crippen molar-refractivity contribution in [2.45, 2.75) is 63.1 Å². The number of likely N-dealkylation sites (tertiary alicyclic amines) is 1. The van der Waals surface area contributed by atoms with E-state index in [-0.39, 0.29) is 53.3 Å². The number of carbonyl (C=O) groups excluding carboxylic acids is 4. The normalized spacial score (nSPS) is 15.6. The molecule has 0 spiro atoms. The van der Waals surface area contributed by atoms with Crippen molar-refractivity contribution in [2.75, 3.05) is 38.9 Å². The van der Waals surface area contributed by atoms with Gasteiger partial charge in [0.25, 0.3) is 0 Å². The second-order valence-corrected chi connectivity index (χ2v) is 13.6. The zero-order chi connectivity index (χ0) is 28.1. The van der Waals surface area contributed by atoms with Gasteiger partial charge in [-0.05, 0) is 44.2 Å². The van der Waals surface area contributed by atoms with Crippen molar-refractivity contribution in [3.8, 4) is 5.75 Å². The Balaban J connectivity index is 1.77. The summed E-state index contributed by atoms with van der Waals surface area (Å²) in [6.45, 7) is 7.56. The number of nitrogens with one attached hydrogen (secondary N) is 1. The standard InChI is InChI=1S/C26H39N3O6S3/c1-6-7-12-28(25(33)35-20-10-8-19(9-11-20)17-34-4)13-14-37-38-26(2,3)16-22(30)27-18-29-23(31)15-21(36-5)24(29)32/h8-11,21H,6-7,12-18H2,1-5H3,(H,27,30). The van der Waals surface area contributed by atoms with E-state index in [1.165, 1.54) is 11.8 Å². The van der Waals surface area contributed by atoms with Gasteiger partial charge in [-0.1, -0.05) is 47.1 Å². The molecule has 9 nitrogen and oxygen atoms in total. The van der Waals surface area contributed by atoms with Crippen LogP contribution in [0.3, 0.4) is 0 Å². The van der Waals surface area contributed by atoms with Gasteiger partial charge in [0.15, 0.2) is 0 Å². The Kier molecular flexibility index (Phi) is 13.8. The topological polar surface area (TPSA) is 105 Å². The second-order valence-electron chi connectivity index (χ2n) is 9.47. The van der Waals surface area contributed by atoms with Gasteiger partial charge in [-0.25, -0.2) is 4.79 Å². The van der Waals surface area contributed by atoms with E-state index in [1.54, 1.807) is 52.0 Å².